The molecule has 1 aliphatic rings. The molecule has 4 rings (SSSR count). The van der Waals surface area contributed by atoms with E-state index in [9.17, 15) is 0 Å². The van der Waals surface area contributed by atoms with Crippen molar-refractivity contribution >= 4 is 16.6 Å². The van der Waals surface area contributed by atoms with Crippen molar-refractivity contribution in [3.05, 3.63) is 72.4 Å². The number of pyridine rings is 1. The molecule has 3 heteroatoms. The van der Waals surface area contributed by atoms with Crippen LogP contribution in [0.4, 0.5) is 5.69 Å². The highest BCUT2D eigenvalue weighted by molar-refractivity contribution is 5.78. The lowest BCUT2D eigenvalue weighted by Gasteiger charge is -2.35. The first-order valence-corrected chi connectivity index (χ1v) is 8.16. The summed E-state index contributed by atoms with van der Waals surface area (Å²) >= 11 is 0. The second-order valence-corrected chi connectivity index (χ2v) is 6.02. The standard InChI is InChI=1S/C20H20N3/c1-2-7-19(8-3-1)23-14-12-22(13-15-23)16-18-11-10-17-6-4-5-9-20(17)21-18/h2-11H,12-16H2. The summed E-state index contributed by atoms with van der Waals surface area (Å²) in [5, 5.41) is 1.21. The lowest BCUT2D eigenvalue weighted by Crippen LogP contribution is -2.46. The molecule has 0 N–H and O–H groups in total. The number of anilines is 1. The molecule has 3 aromatic rings. The highest BCUT2D eigenvalue weighted by Crippen LogP contribution is 2.17. The molecular weight excluding hydrogens is 282 g/mol. The molecule has 0 saturated carbocycles. The summed E-state index contributed by atoms with van der Waals surface area (Å²) in [6, 6.07) is 24.0. The first-order valence-electron chi connectivity index (χ1n) is 8.16. The van der Waals surface area contributed by atoms with Crippen LogP contribution in [0, 0.1) is 6.07 Å². The molecule has 0 spiro atoms. The number of hydrogen-bond acceptors (Lipinski definition) is 3. The number of para-hydroxylation sites is 1. The van der Waals surface area contributed by atoms with Crippen LogP contribution in [0.15, 0.2) is 60.7 Å². The summed E-state index contributed by atoms with van der Waals surface area (Å²) in [7, 11) is 0. The summed E-state index contributed by atoms with van der Waals surface area (Å²) in [5.41, 5.74) is 3.54. The van der Waals surface area contributed by atoms with E-state index in [1.54, 1.807) is 0 Å². The van der Waals surface area contributed by atoms with Crippen LogP contribution in [0.5, 0.6) is 0 Å². The molecule has 0 bridgehead atoms. The molecule has 1 radical (unpaired) electrons. The Morgan fingerprint density at radius 3 is 2.48 bits per heavy atom. The van der Waals surface area contributed by atoms with Gasteiger partial charge in [0.1, 0.15) is 0 Å². The molecule has 1 aromatic heterocycles. The van der Waals surface area contributed by atoms with Crippen molar-refractivity contribution in [2.24, 2.45) is 0 Å². The van der Waals surface area contributed by atoms with Gasteiger partial charge in [0.25, 0.3) is 0 Å². The second kappa shape index (κ2) is 6.39. The summed E-state index contributed by atoms with van der Waals surface area (Å²) in [6.45, 7) is 5.22. The largest absolute Gasteiger partial charge is 0.369 e. The Balaban J connectivity index is 1.40. The summed E-state index contributed by atoms with van der Waals surface area (Å²) in [4.78, 5) is 9.72. The van der Waals surface area contributed by atoms with Gasteiger partial charge in [-0.3, -0.25) is 9.88 Å². The second-order valence-electron chi connectivity index (χ2n) is 6.02. The normalized spacial score (nSPS) is 15.9. The van der Waals surface area contributed by atoms with E-state index in [1.165, 1.54) is 11.1 Å². The van der Waals surface area contributed by atoms with Crippen LogP contribution in [0.2, 0.25) is 0 Å². The Hall–Kier alpha value is -2.39. The molecule has 1 aliphatic heterocycles. The quantitative estimate of drug-likeness (QED) is 0.739. The predicted molar refractivity (Wildman–Crippen MR) is 94.5 cm³/mol. The van der Waals surface area contributed by atoms with Crippen molar-refractivity contribution < 1.29 is 0 Å². The van der Waals surface area contributed by atoms with Crippen LogP contribution in [0.3, 0.4) is 0 Å². The highest BCUT2D eigenvalue weighted by Gasteiger charge is 2.17. The van der Waals surface area contributed by atoms with Crippen LogP contribution in [-0.4, -0.2) is 36.1 Å². The van der Waals surface area contributed by atoms with Crippen LogP contribution < -0.4 is 4.90 Å². The molecule has 0 unspecified atom stereocenters. The van der Waals surface area contributed by atoms with Crippen LogP contribution >= 0.6 is 0 Å². The van der Waals surface area contributed by atoms with E-state index < -0.39 is 0 Å². The maximum absolute atomic E-state index is 4.79. The molecule has 0 amide bonds. The molecule has 1 saturated heterocycles. The maximum Gasteiger partial charge on any atom is 0.0705 e. The number of nitrogens with zero attached hydrogens (tertiary/aromatic N) is 3. The van der Waals surface area contributed by atoms with Gasteiger partial charge < -0.3 is 4.90 Å². The van der Waals surface area contributed by atoms with E-state index >= 15 is 0 Å². The molecule has 3 nitrogen and oxygen atoms in total. The molecule has 0 aliphatic carbocycles. The number of rotatable bonds is 3. The lowest BCUT2D eigenvalue weighted by molar-refractivity contribution is 0.247. The Kier molecular flexibility index (Phi) is 3.95. The topological polar surface area (TPSA) is 19.4 Å². The molecule has 2 heterocycles. The van der Waals surface area contributed by atoms with Gasteiger partial charge in [-0.05, 0) is 30.3 Å². The molecule has 1 fully saturated rings. The molecule has 115 valence electrons. The minimum Gasteiger partial charge on any atom is -0.369 e. The van der Waals surface area contributed by atoms with Gasteiger partial charge >= 0.3 is 0 Å². The molecular formula is C20H20N3. The zero-order valence-electron chi connectivity index (χ0n) is 13.2. The van der Waals surface area contributed by atoms with Gasteiger partial charge in [0.2, 0.25) is 0 Å². The fourth-order valence-electron chi connectivity index (χ4n) is 3.18. The zero-order chi connectivity index (χ0) is 15.5. The minimum absolute atomic E-state index is 0.932. The third kappa shape index (κ3) is 3.20. The van der Waals surface area contributed by atoms with E-state index in [2.05, 4.69) is 64.4 Å². The van der Waals surface area contributed by atoms with E-state index in [0.29, 0.717) is 0 Å². The van der Waals surface area contributed by atoms with E-state index in [4.69, 9.17) is 4.98 Å². The van der Waals surface area contributed by atoms with Crippen molar-refractivity contribution in [3.8, 4) is 0 Å². The van der Waals surface area contributed by atoms with Crippen molar-refractivity contribution in [3.63, 3.8) is 0 Å². The van der Waals surface area contributed by atoms with Crippen LogP contribution in [-0.2, 0) is 6.54 Å². The Labute approximate surface area is 137 Å². The van der Waals surface area contributed by atoms with Crippen LogP contribution in [0.1, 0.15) is 5.69 Å². The zero-order valence-corrected chi connectivity index (χ0v) is 13.2. The summed E-state index contributed by atoms with van der Waals surface area (Å²) in [5.74, 6) is 0. The summed E-state index contributed by atoms with van der Waals surface area (Å²) in [6.07, 6.45) is 0. The van der Waals surface area contributed by atoms with Crippen molar-refractivity contribution in [1.82, 2.24) is 9.88 Å². The SMILES string of the molecule is [c]1ccc(N2CCN(Cc3ccc4ccccc4n3)CC2)cc1. The first-order chi connectivity index (χ1) is 11.4. The number of hydrogen-bond donors (Lipinski definition) is 0. The third-order valence-corrected chi connectivity index (χ3v) is 4.48. The molecule has 0 atom stereocenters. The maximum atomic E-state index is 4.79. The Morgan fingerprint density at radius 1 is 0.870 bits per heavy atom. The minimum atomic E-state index is 0.932. The van der Waals surface area contributed by atoms with Crippen molar-refractivity contribution in [1.29, 1.82) is 0 Å². The smallest absolute Gasteiger partial charge is 0.0705 e. The average molecular weight is 302 g/mol. The highest BCUT2D eigenvalue weighted by atomic mass is 15.3. The Bertz CT molecular complexity index is 777. The van der Waals surface area contributed by atoms with Gasteiger partial charge in [0.15, 0.2) is 0 Å². The number of piperazine rings is 1. The van der Waals surface area contributed by atoms with Gasteiger partial charge in [-0.2, -0.15) is 0 Å². The van der Waals surface area contributed by atoms with E-state index in [0.717, 1.165) is 43.9 Å². The number of benzene rings is 2. The third-order valence-electron chi connectivity index (χ3n) is 4.48. The molecule has 2 aromatic carbocycles. The fourth-order valence-corrected chi connectivity index (χ4v) is 3.18. The van der Waals surface area contributed by atoms with Gasteiger partial charge in [0, 0.05) is 43.8 Å². The van der Waals surface area contributed by atoms with E-state index in [-0.39, 0.29) is 0 Å². The first kappa shape index (κ1) is 14.2. The van der Waals surface area contributed by atoms with E-state index in [1.807, 2.05) is 12.1 Å². The number of aromatic nitrogens is 1. The van der Waals surface area contributed by atoms with Gasteiger partial charge in [-0.25, -0.2) is 0 Å². The van der Waals surface area contributed by atoms with Crippen molar-refractivity contribution in [2.75, 3.05) is 31.1 Å². The monoisotopic (exact) mass is 302 g/mol. The summed E-state index contributed by atoms with van der Waals surface area (Å²) < 4.78 is 0. The Morgan fingerprint density at radius 2 is 1.65 bits per heavy atom. The van der Waals surface area contributed by atoms with Gasteiger partial charge in [-0.1, -0.05) is 36.4 Å². The predicted octanol–water partition coefficient (Wildman–Crippen LogP) is 3.36. The van der Waals surface area contributed by atoms with Gasteiger partial charge in [0.05, 0.1) is 11.2 Å². The van der Waals surface area contributed by atoms with Gasteiger partial charge in [-0.15, -0.1) is 0 Å². The average Bonchev–Trinajstić information content (AvgIpc) is 2.63. The molecule has 23 heavy (non-hydrogen) atoms. The fraction of sp³-hybridized carbons (Fsp3) is 0.250. The van der Waals surface area contributed by atoms with Crippen LogP contribution in [0.25, 0.3) is 10.9 Å². The lowest BCUT2D eigenvalue weighted by atomic mass is 10.2. The number of fused-ring (bicyclic) bond motifs is 1. The van der Waals surface area contributed by atoms with Crippen molar-refractivity contribution in [2.45, 2.75) is 6.54 Å².